The van der Waals surface area contributed by atoms with Gasteiger partial charge in [0.1, 0.15) is 5.82 Å². The summed E-state index contributed by atoms with van der Waals surface area (Å²) in [4.78, 5) is 12.0. The maximum Gasteiger partial charge on any atom is 0.357 e. The first-order valence-electron chi connectivity index (χ1n) is 4.51. The lowest BCUT2D eigenvalue weighted by molar-refractivity contribution is 0.0595. The maximum atomic E-state index is 12.7. The van der Waals surface area contributed by atoms with Gasteiger partial charge in [0, 0.05) is 0 Å². The molecular weight excluding hydrogens is 229 g/mol. The maximum absolute atomic E-state index is 12.7. The molecule has 0 aliphatic carbocycles. The molecule has 1 heterocycles. The number of nitrogens with zero attached hydrogens (tertiary/aromatic N) is 1. The van der Waals surface area contributed by atoms with E-state index in [0.29, 0.717) is 0 Å². The minimum absolute atomic E-state index is 0.270. The molecule has 0 atom stereocenters. The number of methoxy groups -OCH3 is 1. The molecule has 82 valence electrons. The van der Waals surface area contributed by atoms with Crippen LogP contribution < -0.4 is 0 Å². The van der Waals surface area contributed by atoms with Gasteiger partial charge in [0.05, 0.1) is 12.0 Å². The van der Waals surface area contributed by atoms with Gasteiger partial charge in [0.15, 0.2) is 5.69 Å². The van der Waals surface area contributed by atoms with E-state index in [2.05, 4.69) is 9.11 Å². The summed E-state index contributed by atoms with van der Waals surface area (Å²) in [5.74, 6) is -0.758. The summed E-state index contributed by atoms with van der Waals surface area (Å²) in [5, 5.41) is 0. The minimum atomic E-state index is -0.468. The molecule has 0 aliphatic heterocycles. The molecule has 1 aromatic heterocycles. The number of benzene rings is 1. The van der Waals surface area contributed by atoms with Crippen LogP contribution in [0.25, 0.3) is 10.4 Å². The molecule has 0 unspecified atom stereocenters. The Labute approximate surface area is 95.7 Å². The summed E-state index contributed by atoms with van der Waals surface area (Å²) >= 11 is 1.18. The van der Waals surface area contributed by atoms with E-state index in [9.17, 15) is 9.18 Å². The van der Waals surface area contributed by atoms with Crippen molar-refractivity contribution in [3.8, 4) is 10.4 Å². The second-order valence-corrected chi connectivity index (χ2v) is 3.88. The van der Waals surface area contributed by atoms with Gasteiger partial charge < -0.3 is 4.74 Å². The zero-order valence-corrected chi connectivity index (χ0v) is 9.25. The third-order valence-corrected chi connectivity index (χ3v) is 2.87. The fourth-order valence-corrected chi connectivity index (χ4v) is 1.96. The molecule has 0 N–H and O–H groups in total. The highest BCUT2D eigenvalue weighted by Crippen LogP contribution is 2.25. The Hall–Kier alpha value is -1.75. The first kappa shape index (κ1) is 10.8. The second-order valence-electron chi connectivity index (χ2n) is 3.07. The summed E-state index contributed by atoms with van der Waals surface area (Å²) in [6.07, 6.45) is 0. The standard InChI is InChI=1S/C11H8FNO2S/c1-15-11(14)9-6-10(16-13-9)7-2-4-8(12)5-3-7/h2-6H,1H3. The third kappa shape index (κ3) is 2.09. The molecule has 0 bridgehead atoms. The molecule has 1 aromatic carbocycles. The summed E-state index contributed by atoms with van der Waals surface area (Å²) in [7, 11) is 1.30. The van der Waals surface area contributed by atoms with Crippen LogP contribution in [0.4, 0.5) is 4.39 Å². The van der Waals surface area contributed by atoms with Gasteiger partial charge in [0.25, 0.3) is 0 Å². The molecule has 0 fully saturated rings. The number of halogens is 1. The Morgan fingerprint density at radius 3 is 2.69 bits per heavy atom. The summed E-state index contributed by atoms with van der Waals surface area (Å²) in [6, 6.07) is 7.65. The highest BCUT2D eigenvalue weighted by Gasteiger charge is 2.11. The molecule has 0 saturated carbocycles. The first-order valence-corrected chi connectivity index (χ1v) is 5.29. The van der Waals surface area contributed by atoms with E-state index in [1.165, 1.54) is 30.8 Å². The molecule has 5 heteroatoms. The van der Waals surface area contributed by atoms with Crippen LogP contribution in [0.1, 0.15) is 10.5 Å². The molecule has 2 rings (SSSR count). The fourth-order valence-electron chi connectivity index (χ4n) is 1.23. The Bertz CT molecular complexity index is 507. The van der Waals surface area contributed by atoms with Crippen molar-refractivity contribution in [2.75, 3.05) is 7.11 Å². The molecule has 3 nitrogen and oxygen atoms in total. The van der Waals surface area contributed by atoms with Gasteiger partial charge in [-0.2, -0.15) is 4.37 Å². The summed E-state index contributed by atoms with van der Waals surface area (Å²) in [5.41, 5.74) is 1.10. The SMILES string of the molecule is COC(=O)c1cc(-c2ccc(F)cc2)sn1. The number of esters is 1. The largest absolute Gasteiger partial charge is 0.464 e. The normalized spacial score (nSPS) is 10.1. The lowest BCUT2D eigenvalue weighted by Crippen LogP contribution is -2.00. The van der Waals surface area contributed by atoms with Crippen LogP contribution >= 0.6 is 11.5 Å². The summed E-state index contributed by atoms with van der Waals surface area (Å²) < 4.78 is 21.2. The number of ether oxygens (including phenoxy) is 1. The van der Waals surface area contributed by atoms with Crippen LogP contribution in [0, 0.1) is 5.82 Å². The van der Waals surface area contributed by atoms with E-state index in [1.807, 2.05) is 0 Å². The van der Waals surface area contributed by atoms with Crippen LogP contribution in [-0.4, -0.2) is 17.5 Å². The van der Waals surface area contributed by atoms with Crippen LogP contribution in [0.5, 0.6) is 0 Å². The van der Waals surface area contributed by atoms with E-state index in [1.54, 1.807) is 18.2 Å². The van der Waals surface area contributed by atoms with Crippen LogP contribution in [0.3, 0.4) is 0 Å². The average molecular weight is 237 g/mol. The molecule has 0 amide bonds. The van der Waals surface area contributed by atoms with Crippen molar-refractivity contribution in [2.45, 2.75) is 0 Å². The van der Waals surface area contributed by atoms with E-state index in [-0.39, 0.29) is 11.5 Å². The number of carbonyl (C=O) groups is 1. The van der Waals surface area contributed by atoms with Crippen LogP contribution in [-0.2, 0) is 4.74 Å². The smallest absolute Gasteiger partial charge is 0.357 e. The van der Waals surface area contributed by atoms with Gasteiger partial charge in [0.2, 0.25) is 0 Å². The third-order valence-electron chi connectivity index (χ3n) is 2.03. The number of carbonyl (C=O) groups excluding carboxylic acids is 1. The lowest BCUT2D eigenvalue weighted by atomic mass is 10.2. The highest BCUT2D eigenvalue weighted by atomic mass is 32.1. The van der Waals surface area contributed by atoms with Crippen molar-refractivity contribution in [3.63, 3.8) is 0 Å². The Morgan fingerprint density at radius 2 is 2.06 bits per heavy atom. The number of rotatable bonds is 2. The monoisotopic (exact) mass is 237 g/mol. The Balaban J connectivity index is 2.31. The Kier molecular flexibility index (Phi) is 2.96. The molecule has 2 aromatic rings. The molecule has 0 saturated heterocycles. The lowest BCUT2D eigenvalue weighted by Gasteiger charge is -1.94. The van der Waals surface area contributed by atoms with Crippen molar-refractivity contribution in [3.05, 3.63) is 41.8 Å². The van der Waals surface area contributed by atoms with Gasteiger partial charge in [-0.15, -0.1) is 0 Å². The molecule has 16 heavy (non-hydrogen) atoms. The minimum Gasteiger partial charge on any atom is -0.464 e. The summed E-state index contributed by atoms with van der Waals surface area (Å²) in [6.45, 7) is 0. The molecule has 0 spiro atoms. The van der Waals surface area contributed by atoms with Crippen LogP contribution in [0.15, 0.2) is 30.3 Å². The van der Waals surface area contributed by atoms with Crippen molar-refractivity contribution in [2.24, 2.45) is 0 Å². The number of aromatic nitrogens is 1. The van der Waals surface area contributed by atoms with Crippen molar-refractivity contribution in [1.29, 1.82) is 0 Å². The zero-order valence-electron chi connectivity index (χ0n) is 8.44. The predicted octanol–water partition coefficient (Wildman–Crippen LogP) is 2.74. The first-order chi connectivity index (χ1) is 7.70. The van der Waals surface area contributed by atoms with Gasteiger partial charge >= 0.3 is 5.97 Å². The molecular formula is C11H8FNO2S. The average Bonchev–Trinajstić information content (AvgIpc) is 2.78. The second kappa shape index (κ2) is 4.40. The van der Waals surface area contributed by atoms with Gasteiger partial charge in [-0.1, -0.05) is 12.1 Å². The van der Waals surface area contributed by atoms with E-state index in [0.717, 1.165) is 10.4 Å². The van der Waals surface area contributed by atoms with Gasteiger partial charge in [-0.25, -0.2) is 9.18 Å². The quantitative estimate of drug-likeness (QED) is 0.754. The van der Waals surface area contributed by atoms with Gasteiger partial charge in [-0.3, -0.25) is 0 Å². The van der Waals surface area contributed by atoms with E-state index in [4.69, 9.17) is 0 Å². The van der Waals surface area contributed by atoms with Crippen molar-refractivity contribution >= 4 is 17.5 Å². The fraction of sp³-hybridized carbons (Fsp3) is 0.0909. The molecule has 0 aliphatic rings. The van der Waals surface area contributed by atoms with Crippen LogP contribution in [0.2, 0.25) is 0 Å². The van der Waals surface area contributed by atoms with E-state index < -0.39 is 5.97 Å². The number of hydrogen-bond donors (Lipinski definition) is 0. The number of hydrogen-bond acceptors (Lipinski definition) is 4. The van der Waals surface area contributed by atoms with Crippen molar-refractivity contribution in [1.82, 2.24) is 4.37 Å². The molecule has 0 radical (unpaired) electrons. The predicted molar refractivity (Wildman–Crippen MR) is 58.8 cm³/mol. The topological polar surface area (TPSA) is 39.2 Å². The van der Waals surface area contributed by atoms with Crippen molar-refractivity contribution < 1.29 is 13.9 Å². The van der Waals surface area contributed by atoms with E-state index >= 15 is 0 Å². The Morgan fingerprint density at radius 1 is 1.38 bits per heavy atom. The highest BCUT2D eigenvalue weighted by molar-refractivity contribution is 7.09. The zero-order chi connectivity index (χ0) is 11.5. The van der Waals surface area contributed by atoms with Gasteiger partial charge in [-0.05, 0) is 35.3 Å².